The molecule has 1 heteroatoms. The zero-order chi connectivity index (χ0) is 11.7. The number of rotatable bonds is 2. The molecule has 0 saturated heterocycles. The second kappa shape index (κ2) is 4.10. The van der Waals surface area contributed by atoms with Crippen molar-refractivity contribution in [2.45, 2.75) is 13.3 Å². The molecule has 0 N–H and O–H groups in total. The van der Waals surface area contributed by atoms with Gasteiger partial charge in [0.2, 0.25) is 0 Å². The topological polar surface area (TPSA) is 4.41 Å². The van der Waals surface area contributed by atoms with E-state index in [1.165, 1.54) is 22.3 Å². The van der Waals surface area contributed by atoms with Crippen LogP contribution in [0.4, 0.5) is 0 Å². The molecule has 0 aliphatic rings. The Morgan fingerprint density at radius 2 is 1.71 bits per heavy atom. The van der Waals surface area contributed by atoms with Crippen molar-refractivity contribution in [3.05, 3.63) is 77.6 Å². The first kappa shape index (κ1) is 10.2. The third-order valence-electron chi connectivity index (χ3n) is 3.22. The highest BCUT2D eigenvalue weighted by Crippen LogP contribution is 2.19. The Morgan fingerprint density at radius 1 is 0.941 bits per heavy atom. The van der Waals surface area contributed by atoms with Gasteiger partial charge in [0, 0.05) is 23.8 Å². The number of nitrogens with zero attached hydrogens (tertiary/aromatic N) is 1. The number of hydrogen-bond acceptors (Lipinski definition) is 0. The van der Waals surface area contributed by atoms with E-state index in [0.29, 0.717) is 0 Å². The summed E-state index contributed by atoms with van der Waals surface area (Å²) >= 11 is 0. The van der Waals surface area contributed by atoms with E-state index < -0.39 is 0 Å². The van der Waals surface area contributed by atoms with Crippen LogP contribution in [0.3, 0.4) is 0 Å². The lowest BCUT2D eigenvalue weighted by Gasteiger charge is -2.04. The molecule has 0 unspecified atom stereocenters. The molecule has 17 heavy (non-hydrogen) atoms. The summed E-state index contributed by atoms with van der Waals surface area (Å²) in [7, 11) is 0. The first-order valence-electron chi connectivity index (χ1n) is 5.94. The van der Waals surface area contributed by atoms with Gasteiger partial charge in [0.25, 0.3) is 0 Å². The van der Waals surface area contributed by atoms with Crippen LogP contribution in [0.15, 0.2) is 60.8 Å². The molecular formula is C16H15N. The summed E-state index contributed by atoms with van der Waals surface area (Å²) in [6.45, 7) is 2.19. The van der Waals surface area contributed by atoms with Gasteiger partial charge in [0.15, 0.2) is 0 Å². The van der Waals surface area contributed by atoms with E-state index >= 15 is 0 Å². The van der Waals surface area contributed by atoms with Gasteiger partial charge >= 0.3 is 0 Å². The third-order valence-corrected chi connectivity index (χ3v) is 3.22. The van der Waals surface area contributed by atoms with Crippen LogP contribution in [0, 0.1) is 6.92 Å². The molecule has 0 fully saturated rings. The summed E-state index contributed by atoms with van der Waals surface area (Å²) in [5, 5.41) is 0. The monoisotopic (exact) mass is 221 g/mol. The van der Waals surface area contributed by atoms with Gasteiger partial charge in [-0.2, -0.15) is 0 Å². The highest BCUT2D eigenvalue weighted by Gasteiger charge is 2.06. The number of hydrogen-bond donors (Lipinski definition) is 0. The second-order valence-corrected chi connectivity index (χ2v) is 4.43. The number of aryl methyl sites for hydroxylation is 1. The fourth-order valence-corrected chi connectivity index (χ4v) is 2.33. The van der Waals surface area contributed by atoms with E-state index in [1.807, 2.05) is 0 Å². The van der Waals surface area contributed by atoms with Gasteiger partial charge in [-0.1, -0.05) is 36.4 Å². The first-order valence-corrected chi connectivity index (χ1v) is 5.94. The highest BCUT2D eigenvalue weighted by atomic mass is 14.9. The Labute approximate surface area is 101 Å². The van der Waals surface area contributed by atoms with Crippen molar-refractivity contribution in [2.24, 2.45) is 0 Å². The fourth-order valence-electron chi connectivity index (χ4n) is 2.33. The van der Waals surface area contributed by atoms with E-state index in [1.54, 1.807) is 0 Å². The average molecular weight is 221 g/mol. The smallest absolute Gasteiger partial charge is 0.0455 e. The van der Waals surface area contributed by atoms with Crippen molar-refractivity contribution >= 4 is 5.52 Å². The summed E-state index contributed by atoms with van der Waals surface area (Å²) in [4.78, 5) is 0. The molecule has 2 aromatic heterocycles. The minimum Gasteiger partial charge on any atom is -0.320 e. The van der Waals surface area contributed by atoms with Crippen LogP contribution in [0.5, 0.6) is 0 Å². The van der Waals surface area contributed by atoms with Crippen molar-refractivity contribution in [2.75, 3.05) is 0 Å². The number of aromatic nitrogens is 1. The Hall–Kier alpha value is -2.02. The van der Waals surface area contributed by atoms with Crippen LogP contribution in [-0.4, -0.2) is 4.40 Å². The molecule has 0 radical (unpaired) electrons. The molecule has 0 aliphatic carbocycles. The Kier molecular flexibility index (Phi) is 2.45. The maximum Gasteiger partial charge on any atom is 0.0455 e. The van der Waals surface area contributed by atoms with E-state index in [9.17, 15) is 0 Å². The van der Waals surface area contributed by atoms with Crippen LogP contribution < -0.4 is 0 Å². The lowest BCUT2D eigenvalue weighted by molar-refractivity contribution is 1.01. The predicted molar refractivity (Wildman–Crippen MR) is 71.4 cm³/mol. The Morgan fingerprint density at radius 3 is 2.53 bits per heavy atom. The minimum absolute atomic E-state index is 0.991. The number of pyridine rings is 1. The molecule has 0 aliphatic heterocycles. The van der Waals surface area contributed by atoms with Crippen molar-refractivity contribution in [1.29, 1.82) is 0 Å². The summed E-state index contributed by atoms with van der Waals surface area (Å²) in [5.41, 5.74) is 5.38. The van der Waals surface area contributed by atoms with Crippen molar-refractivity contribution in [3.8, 4) is 0 Å². The van der Waals surface area contributed by atoms with Crippen molar-refractivity contribution in [1.82, 2.24) is 4.40 Å². The van der Waals surface area contributed by atoms with Crippen LogP contribution in [0.2, 0.25) is 0 Å². The zero-order valence-electron chi connectivity index (χ0n) is 9.93. The number of benzene rings is 1. The molecule has 0 bridgehead atoms. The van der Waals surface area contributed by atoms with Gasteiger partial charge in [0.1, 0.15) is 0 Å². The fraction of sp³-hybridized carbons (Fsp3) is 0.125. The van der Waals surface area contributed by atoms with Gasteiger partial charge in [-0.15, -0.1) is 0 Å². The number of fused-ring (bicyclic) bond motifs is 1. The van der Waals surface area contributed by atoms with Crippen LogP contribution in [0.1, 0.15) is 16.8 Å². The van der Waals surface area contributed by atoms with Crippen molar-refractivity contribution < 1.29 is 0 Å². The molecule has 0 spiro atoms. The molecule has 1 nitrogen and oxygen atoms in total. The normalized spacial score (nSPS) is 10.9. The second-order valence-electron chi connectivity index (χ2n) is 4.43. The summed E-state index contributed by atoms with van der Waals surface area (Å²) in [6, 6.07) is 19.2. The average Bonchev–Trinajstić information content (AvgIpc) is 2.68. The summed E-state index contributed by atoms with van der Waals surface area (Å²) in [6.07, 6.45) is 3.13. The summed E-state index contributed by atoms with van der Waals surface area (Å²) in [5.74, 6) is 0. The Bertz CT molecular complexity index is 635. The quantitative estimate of drug-likeness (QED) is 0.619. The standard InChI is InChI=1S/C16H15N/c1-13-11-15-9-5-6-10-17(15)16(13)12-14-7-3-2-4-8-14/h2-11H,12H2,1H3. The van der Waals surface area contributed by atoms with E-state index in [4.69, 9.17) is 0 Å². The minimum atomic E-state index is 0.991. The maximum absolute atomic E-state index is 2.28. The molecule has 1 aromatic carbocycles. The van der Waals surface area contributed by atoms with Crippen LogP contribution in [0.25, 0.3) is 5.52 Å². The molecule has 0 amide bonds. The zero-order valence-corrected chi connectivity index (χ0v) is 9.93. The van der Waals surface area contributed by atoms with Gasteiger partial charge in [-0.25, -0.2) is 0 Å². The van der Waals surface area contributed by atoms with Gasteiger partial charge in [-0.3, -0.25) is 0 Å². The summed E-state index contributed by atoms with van der Waals surface area (Å²) < 4.78 is 2.28. The third kappa shape index (κ3) is 1.84. The molecular weight excluding hydrogens is 206 g/mol. The van der Waals surface area contributed by atoms with E-state index in [0.717, 1.165) is 6.42 Å². The van der Waals surface area contributed by atoms with E-state index in [2.05, 4.69) is 72.1 Å². The molecule has 2 heterocycles. The molecule has 0 saturated carbocycles. The lowest BCUT2D eigenvalue weighted by atomic mass is 10.1. The predicted octanol–water partition coefficient (Wildman–Crippen LogP) is 3.84. The molecule has 0 atom stereocenters. The molecule has 84 valence electrons. The van der Waals surface area contributed by atoms with Crippen molar-refractivity contribution in [3.63, 3.8) is 0 Å². The van der Waals surface area contributed by atoms with Gasteiger partial charge < -0.3 is 4.40 Å². The highest BCUT2D eigenvalue weighted by molar-refractivity contribution is 5.53. The van der Waals surface area contributed by atoms with Crippen LogP contribution >= 0.6 is 0 Å². The maximum atomic E-state index is 2.28. The van der Waals surface area contributed by atoms with E-state index in [-0.39, 0.29) is 0 Å². The Balaban J connectivity index is 2.08. The lowest BCUT2D eigenvalue weighted by Crippen LogP contribution is -1.95. The SMILES string of the molecule is Cc1cc2ccccn2c1Cc1ccccc1. The van der Waals surface area contributed by atoms with Gasteiger partial charge in [0.05, 0.1) is 0 Å². The molecule has 3 aromatic rings. The van der Waals surface area contributed by atoms with Crippen LogP contribution in [-0.2, 0) is 6.42 Å². The largest absolute Gasteiger partial charge is 0.320 e. The molecule has 3 rings (SSSR count). The first-order chi connectivity index (χ1) is 8.34. The van der Waals surface area contributed by atoms with Gasteiger partial charge in [-0.05, 0) is 36.2 Å².